The molecule has 0 unspecified atom stereocenters. The Bertz CT molecular complexity index is 509. The first-order valence-electron chi connectivity index (χ1n) is 4.17. The highest BCUT2D eigenvalue weighted by Gasteiger charge is 2.01. The van der Waals surface area contributed by atoms with Crippen LogP contribution < -0.4 is 5.76 Å². The minimum Gasteiger partial charge on any atom is -0.296 e. The number of hydrogen-bond acceptors (Lipinski definition) is 4. The number of benzene rings is 1. The molecule has 0 fully saturated rings. The van der Waals surface area contributed by atoms with E-state index in [1.807, 2.05) is 24.3 Å². The number of nitrogens with zero attached hydrogens (tertiary/aromatic N) is 1. The molecule has 1 aromatic heterocycles. The molecule has 0 saturated carbocycles. The molecule has 0 aliphatic rings. The van der Waals surface area contributed by atoms with Crippen molar-refractivity contribution in [2.75, 3.05) is 0 Å². The average Bonchev–Trinajstić information content (AvgIpc) is 2.62. The molecule has 0 spiro atoms. The van der Waals surface area contributed by atoms with Crippen molar-refractivity contribution >= 4 is 23.4 Å². The second-order valence-electron chi connectivity index (χ2n) is 2.79. The largest absolute Gasteiger partial charge is 0.438 e. The standard InChI is InChI=1S/C9H7ClN2O2S/c10-6-2-1-3-7(4-6)15-5-8-11-9(13)14-12-8/h1-4H,5H2,(H,11,12,13). The zero-order valence-electron chi connectivity index (χ0n) is 7.57. The van der Waals surface area contributed by atoms with E-state index in [2.05, 4.69) is 14.7 Å². The van der Waals surface area contributed by atoms with Gasteiger partial charge in [0.25, 0.3) is 0 Å². The van der Waals surface area contributed by atoms with E-state index >= 15 is 0 Å². The summed E-state index contributed by atoms with van der Waals surface area (Å²) in [4.78, 5) is 14.1. The first kappa shape index (κ1) is 10.3. The van der Waals surface area contributed by atoms with Gasteiger partial charge in [0, 0.05) is 9.92 Å². The molecule has 1 N–H and O–H groups in total. The minimum absolute atomic E-state index is 0.518. The number of halogens is 1. The molecular weight excluding hydrogens is 236 g/mol. The van der Waals surface area contributed by atoms with E-state index in [-0.39, 0.29) is 0 Å². The maximum absolute atomic E-state index is 10.6. The Hall–Kier alpha value is -1.20. The molecule has 1 heterocycles. The molecular formula is C9H7ClN2O2S. The maximum atomic E-state index is 10.6. The van der Waals surface area contributed by atoms with Crippen molar-refractivity contribution in [1.29, 1.82) is 0 Å². The SMILES string of the molecule is O=c1[nH]c(CSc2cccc(Cl)c2)no1. The Morgan fingerprint density at radius 1 is 1.53 bits per heavy atom. The van der Waals surface area contributed by atoms with Crippen LogP contribution in [0.5, 0.6) is 0 Å². The summed E-state index contributed by atoms with van der Waals surface area (Å²) < 4.78 is 4.38. The molecule has 0 aliphatic heterocycles. The van der Waals surface area contributed by atoms with Gasteiger partial charge >= 0.3 is 5.76 Å². The van der Waals surface area contributed by atoms with Gasteiger partial charge in [-0.05, 0) is 18.2 Å². The normalized spacial score (nSPS) is 10.5. The fourth-order valence-corrected chi connectivity index (χ4v) is 2.10. The van der Waals surface area contributed by atoms with Gasteiger partial charge in [0.05, 0.1) is 5.75 Å². The number of nitrogens with one attached hydrogen (secondary N) is 1. The zero-order valence-corrected chi connectivity index (χ0v) is 9.14. The lowest BCUT2D eigenvalue weighted by atomic mass is 10.4. The van der Waals surface area contributed by atoms with Gasteiger partial charge in [-0.15, -0.1) is 11.8 Å². The van der Waals surface area contributed by atoms with Crippen molar-refractivity contribution in [3.63, 3.8) is 0 Å². The molecule has 0 bridgehead atoms. The molecule has 1 aromatic carbocycles. The Labute approximate surface area is 94.6 Å². The monoisotopic (exact) mass is 242 g/mol. The van der Waals surface area contributed by atoms with Crippen LogP contribution in [0, 0.1) is 0 Å². The summed E-state index contributed by atoms with van der Waals surface area (Å²) in [6.45, 7) is 0. The number of thioether (sulfide) groups is 1. The fraction of sp³-hybridized carbons (Fsp3) is 0.111. The quantitative estimate of drug-likeness (QED) is 0.839. The molecule has 2 aromatic rings. The van der Waals surface area contributed by atoms with Crippen LogP contribution in [0.1, 0.15) is 5.82 Å². The van der Waals surface area contributed by atoms with E-state index in [1.165, 1.54) is 11.8 Å². The molecule has 0 aliphatic carbocycles. The second kappa shape index (κ2) is 4.55. The Morgan fingerprint density at radius 2 is 2.40 bits per heavy atom. The van der Waals surface area contributed by atoms with Crippen LogP contribution in [-0.2, 0) is 5.75 Å². The average molecular weight is 243 g/mol. The highest BCUT2D eigenvalue weighted by Crippen LogP contribution is 2.23. The smallest absolute Gasteiger partial charge is 0.296 e. The summed E-state index contributed by atoms with van der Waals surface area (Å²) >= 11 is 7.35. The van der Waals surface area contributed by atoms with Gasteiger partial charge in [-0.25, -0.2) is 4.79 Å². The first-order valence-corrected chi connectivity index (χ1v) is 5.53. The number of hydrogen-bond donors (Lipinski definition) is 1. The van der Waals surface area contributed by atoms with Gasteiger partial charge in [-0.2, -0.15) is 0 Å². The number of rotatable bonds is 3. The molecule has 4 nitrogen and oxygen atoms in total. The molecule has 6 heteroatoms. The minimum atomic E-state index is -0.531. The number of H-pyrrole nitrogens is 1. The molecule has 78 valence electrons. The predicted octanol–water partition coefficient (Wildman–Crippen LogP) is 2.31. The fourth-order valence-electron chi connectivity index (χ4n) is 1.03. The van der Waals surface area contributed by atoms with Crippen LogP contribution in [0.25, 0.3) is 0 Å². The van der Waals surface area contributed by atoms with E-state index < -0.39 is 5.76 Å². The van der Waals surface area contributed by atoms with Crippen LogP contribution in [-0.4, -0.2) is 10.1 Å². The second-order valence-corrected chi connectivity index (χ2v) is 4.27. The van der Waals surface area contributed by atoms with Gasteiger partial charge in [0.2, 0.25) is 0 Å². The third-order valence-electron chi connectivity index (χ3n) is 1.66. The van der Waals surface area contributed by atoms with Gasteiger partial charge in [-0.1, -0.05) is 22.8 Å². The first-order chi connectivity index (χ1) is 7.24. The molecule has 0 saturated heterocycles. The van der Waals surface area contributed by atoms with Crippen LogP contribution in [0.4, 0.5) is 0 Å². The lowest BCUT2D eigenvalue weighted by Crippen LogP contribution is -1.95. The number of aromatic nitrogens is 2. The van der Waals surface area contributed by atoms with Gasteiger partial charge in [0.15, 0.2) is 5.82 Å². The lowest BCUT2D eigenvalue weighted by molar-refractivity contribution is 0.383. The van der Waals surface area contributed by atoms with E-state index in [0.29, 0.717) is 16.6 Å². The lowest BCUT2D eigenvalue weighted by Gasteiger charge is -1.98. The van der Waals surface area contributed by atoms with Crippen molar-refractivity contribution < 1.29 is 4.52 Å². The molecule has 0 radical (unpaired) electrons. The molecule has 15 heavy (non-hydrogen) atoms. The van der Waals surface area contributed by atoms with E-state index in [1.54, 1.807) is 0 Å². The summed E-state index contributed by atoms with van der Waals surface area (Å²) in [5.41, 5.74) is 0. The Balaban J connectivity index is 2.02. The van der Waals surface area contributed by atoms with Crippen molar-refractivity contribution in [2.24, 2.45) is 0 Å². The van der Waals surface area contributed by atoms with Gasteiger partial charge in [-0.3, -0.25) is 9.51 Å². The van der Waals surface area contributed by atoms with Crippen LogP contribution >= 0.6 is 23.4 Å². The van der Waals surface area contributed by atoms with Gasteiger partial charge < -0.3 is 0 Å². The summed E-state index contributed by atoms with van der Waals surface area (Å²) in [5, 5.41) is 4.24. The molecule has 0 atom stereocenters. The topological polar surface area (TPSA) is 58.9 Å². The van der Waals surface area contributed by atoms with Gasteiger partial charge in [0.1, 0.15) is 0 Å². The van der Waals surface area contributed by atoms with Crippen molar-refractivity contribution in [2.45, 2.75) is 10.6 Å². The van der Waals surface area contributed by atoms with E-state index in [9.17, 15) is 4.79 Å². The third kappa shape index (κ3) is 2.87. The summed E-state index contributed by atoms with van der Waals surface area (Å²) in [6.07, 6.45) is 0. The Morgan fingerprint density at radius 3 is 3.07 bits per heavy atom. The van der Waals surface area contributed by atoms with Crippen molar-refractivity contribution in [3.8, 4) is 0 Å². The van der Waals surface area contributed by atoms with E-state index in [4.69, 9.17) is 11.6 Å². The van der Waals surface area contributed by atoms with Crippen LogP contribution in [0.2, 0.25) is 5.02 Å². The number of aromatic amines is 1. The summed E-state index contributed by atoms with van der Waals surface area (Å²) in [5.74, 6) is 0.535. The zero-order chi connectivity index (χ0) is 10.7. The van der Waals surface area contributed by atoms with Crippen LogP contribution in [0.3, 0.4) is 0 Å². The summed E-state index contributed by atoms with van der Waals surface area (Å²) in [6, 6.07) is 7.47. The summed E-state index contributed by atoms with van der Waals surface area (Å²) in [7, 11) is 0. The van der Waals surface area contributed by atoms with Crippen molar-refractivity contribution in [3.05, 3.63) is 45.7 Å². The van der Waals surface area contributed by atoms with Crippen molar-refractivity contribution in [1.82, 2.24) is 10.1 Å². The molecule has 2 rings (SSSR count). The highest BCUT2D eigenvalue weighted by atomic mass is 35.5. The van der Waals surface area contributed by atoms with E-state index in [0.717, 1.165) is 4.90 Å². The third-order valence-corrected chi connectivity index (χ3v) is 2.90. The van der Waals surface area contributed by atoms with Crippen LogP contribution in [0.15, 0.2) is 38.5 Å². The maximum Gasteiger partial charge on any atom is 0.438 e. The molecule has 0 amide bonds. The Kier molecular flexibility index (Phi) is 3.13. The predicted molar refractivity (Wildman–Crippen MR) is 58.1 cm³/mol. The highest BCUT2D eigenvalue weighted by molar-refractivity contribution is 7.98.